The number of carboxylic acid groups (broad SMARTS) is 1. The molecule has 0 bridgehead atoms. The Morgan fingerprint density at radius 2 is 2.14 bits per heavy atom. The molecule has 1 N–H and O–H groups in total. The summed E-state index contributed by atoms with van der Waals surface area (Å²) < 4.78 is 6.00. The predicted molar refractivity (Wildman–Crippen MR) is 81.6 cm³/mol. The van der Waals surface area contributed by atoms with Crippen LogP contribution in [0.2, 0.25) is 0 Å². The third-order valence-corrected chi connectivity index (χ3v) is 5.88. The molecule has 1 atom stereocenters. The molecule has 1 aromatic carbocycles. The fourth-order valence-corrected chi connectivity index (χ4v) is 4.53. The second kappa shape index (κ2) is 5.03. The number of hydrogen-bond donors (Lipinski definition) is 1. The maximum atomic E-state index is 11.4. The van der Waals surface area contributed by atoms with Crippen molar-refractivity contribution in [3.05, 3.63) is 39.8 Å². The summed E-state index contributed by atoms with van der Waals surface area (Å²) in [6, 6.07) is 7.92. The van der Waals surface area contributed by atoms with Gasteiger partial charge in [-0.05, 0) is 25.0 Å². The number of ether oxygens (including phenoxy) is 1. The SMILES string of the molecule is O=C(O)c1sc(C2CSc3ccccc3O2)nc1C1CC1. The van der Waals surface area contributed by atoms with Crippen molar-refractivity contribution in [3.8, 4) is 5.75 Å². The van der Waals surface area contributed by atoms with Crippen molar-refractivity contribution in [2.24, 2.45) is 0 Å². The first-order chi connectivity index (χ1) is 10.2. The number of thiazole rings is 1. The molecule has 0 saturated heterocycles. The number of nitrogens with zero attached hydrogens (tertiary/aromatic N) is 1. The van der Waals surface area contributed by atoms with Crippen LogP contribution < -0.4 is 4.74 Å². The van der Waals surface area contributed by atoms with Gasteiger partial charge in [0.25, 0.3) is 0 Å². The molecule has 0 radical (unpaired) electrons. The fraction of sp³-hybridized carbons (Fsp3) is 0.333. The molecule has 1 fully saturated rings. The first kappa shape index (κ1) is 13.2. The molecule has 4 rings (SSSR count). The zero-order chi connectivity index (χ0) is 14.4. The van der Waals surface area contributed by atoms with E-state index in [0.29, 0.717) is 10.8 Å². The zero-order valence-electron chi connectivity index (χ0n) is 11.1. The summed E-state index contributed by atoms with van der Waals surface area (Å²) in [6.45, 7) is 0. The molecule has 1 aromatic heterocycles. The summed E-state index contributed by atoms with van der Waals surface area (Å²) in [5.41, 5.74) is 0.759. The van der Waals surface area contributed by atoms with Crippen LogP contribution in [0.15, 0.2) is 29.2 Å². The second-order valence-corrected chi connectivity index (χ2v) is 7.30. The smallest absolute Gasteiger partial charge is 0.347 e. The molecule has 2 aliphatic rings. The monoisotopic (exact) mass is 319 g/mol. The van der Waals surface area contributed by atoms with Gasteiger partial charge < -0.3 is 9.84 Å². The van der Waals surface area contributed by atoms with Gasteiger partial charge in [-0.1, -0.05) is 12.1 Å². The van der Waals surface area contributed by atoms with E-state index < -0.39 is 5.97 Å². The highest BCUT2D eigenvalue weighted by molar-refractivity contribution is 7.99. The van der Waals surface area contributed by atoms with Crippen molar-refractivity contribution >= 4 is 29.1 Å². The average molecular weight is 319 g/mol. The van der Waals surface area contributed by atoms with Crippen molar-refractivity contribution in [2.75, 3.05) is 5.75 Å². The van der Waals surface area contributed by atoms with Crippen molar-refractivity contribution in [3.63, 3.8) is 0 Å². The first-order valence-electron chi connectivity index (χ1n) is 6.85. The van der Waals surface area contributed by atoms with Crippen molar-refractivity contribution in [2.45, 2.75) is 29.8 Å². The molecule has 21 heavy (non-hydrogen) atoms. The molecule has 1 aliphatic heterocycles. The van der Waals surface area contributed by atoms with Gasteiger partial charge in [0.1, 0.15) is 15.6 Å². The van der Waals surface area contributed by atoms with Crippen LogP contribution in [-0.4, -0.2) is 21.8 Å². The number of para-hydroxylation sites is 1. The van der Waals surface area contributed by atoms with Crippen LogP contribution >= 0.6 is 23.1 Å². The molecule has 1 aliphatic carbocycles. The summed E-state index contributed by atoms with van der Waals surface area (Å²) in [5, 5.41) is 10.1. The molecular weight excluding hydrogens is 306 g/mol. The van der Waals surface area contributed by atoms with Gasteiger partial charge in [-0.2, -0.15) is 0 Å². The van der Waals surface area contributed by atoms with E-state index in [2.05, 4.69) is 4.98 Å². The summed E-state index contributed by atoms with van der Waals surface area (Å²) in [7, 11) is 0. The Balaban J connectivity index is 1.65. The Kier molecular flexibility index (Phi) is 3.15. The van der Waals surface area contributed by atoms with E-state index in [4.69, 9.17) is 4.74 Å². The summed E-state index contributed by atoms with van der Waals surface area (Å²) in [4.78, 5) is 17.5. The lowest BCUT2D eigenvalue weighted by molar-refractivity contribution is 0.0700. The highest BCUT2D eigenvalue weighted by Gasteiger charge is 2.34. The Hall–Kier alpha value is -1.53. The molecule has 108 valence electrons. The average Bonchev–Trinajstić information content (AvgIpc) is 3.25. The molecule has 4 nitrogen and oxygen atoms in total. The number of thioether (sulfide) groups is 1. The van der Waals surface area contributed by atoms with Gasteiger partial charge in [0.2, 0.25) is 0 Å². The van der Waals surface area contributed by atoms with Gasteiger partial charge in [-0.3, -0.25) is 0 Å². The summed E-state index contributed by atoms with van der Waals surface area (Å²) in [5.74, 6) is 1.10. The van der Waals surface area contributed by atoms with Crippen LogP contribution in [0.3, 0.4) is 0 Å². The van der Waals surface area contributed by atoms with Crippen LogP contribution in [0.4, 0.5) is 0 Å². The summed E-state index contributed by atoms with van der Waals surface area (Å²) in [6.07, 6.45) is 1.94. The lowest BCUT2D eigenvalue weighted by atomic mass is 10.2. The number of rotatable bonds is 3. The molecular formula is C15H13NO3S2. The number of aromatic nitrogens is 1. The van der Waals surface area contributed by atoms with Gasteiger partial charge in [0, 0.05) is 16.6 Å². The van der Waals surface area contributed by atoms with Crippen LogP contribution in [0, 0.1) is 0 Å². The van der Waals surface area contributed by atoms with E-state index in [0.717, 1.165) is 39.9 Å². The molecule has 0 spiro atoms. The molecule has 1 saturated carbocycles. The Morgan fingerprint density at radius 1 is 1.33 bits per heavy atom. The maximum Gasteiger partial charge on any atom is 0.347 e. The van der Waals surface area contributed by atoms with Crippen LogP contribution in [0.1, 0.15) is 45.2 Å². The molecule has 0 amide bonds. The number of carbonyl (C=O) groups is 1. The third-order valence-electron chi connectivity index (χ3n) is 3.61. The normalized spacial score (nSPS) is 20.7. The van der Waals surface area contributed by atoms with E-state index in [9.17, 15) is 9.90 Å². The first-order valence-corrected chi connectivity index (χ1v) is 8.65. The molecule has 1 unspecified atom stereocenters. The molecule has 6 heteroatoms. The Morgan fingerprint density at radius 3 is 2.90 bits per heavy atom. The molecule has 2 aromatic rings. The summed E-state index contributed by atoms with van der Waals surface area (Å²) >= 11 is 3.00. The zero-order valence-corrected chi connectivity index (χ0v) is 12.7. The van der Waals surface area contributed by atoms with Gasteiger partial charge in [0.15, 0.2) is 6.10 Å². The van der Waals surface area contributed by atoms with Gasteiger partial charge in [-0.25, -0.2) is 9.78 Å². The van der Waals surface area contributed by atoms with Gasteiger partial charge in [0.05, 0.1) is 5.69 Å². The topological polar surface area (TPSA) is 59.4 Å². The lowest BCUT2D eigenvalue weighted by Gasteiger charge is -2.23. The number of aromatic carboxylic acids is 1. The Bertz CT molecular complexity index is 709. The van der Waals surface area contributed by atoms with Gasteiger partial charge >= 0.3 is 5.97 Å². The molecule has 2 heterocycles. The van der Waals surface area contributed by atoms with E-state index in [1.165, 1.54) is 11.3 Å². The predicted octanol–water partition coefficient (Wildman–Crippen LogP) is 3.94. The number of fused-ring (bicyclic) bond motifs is 1. The van der Waals surface area contributed by atoms with E-state index in [1.54, 1.807) is 11.8 Å². The number of benzene rings is 1. The second-order valence-electron chi connectivity index (χ2n) is 5.21. The number of hydrogen-bond acceptors (Lipinski definition) is 5. The van der Waals surface area contributed by atoms with E-state index >= 15 is 0 Å². The van der Waals surface area contributed by atoms with E-state index in [1.807, 2.05) is 24.3 Å². The maximum absolute atomic E-state index is 11.4. The van der Waals surface area contributed by atoms with Crippen LogP contribution in [-0.2, 0) is 0 Å². The highest BCUT2D eigenvalue weighted by Crippen LogP contribution is 2.46. The number of carboxylic acids is 1. The third kappa shape index (κ3) is 2.42. The minimum atomic E-state index is -0.871. The van der Waals surface area contributed by atoms with Gasteiger partial charge in [-0.15, -0.1) is 23.1 Å². The minimum absolute atomic E-state index is 0.152. The fourth-order valence-electron chi connectivity index (χ4n) is 2.41. The largest absolute Gasteiger partial charge is 0.481 e. The lowest BCUT2D eigenvalue weighted by Crippen LogP contribution is -2.14. The highest BCUT2D eigenvalue weighted by atomic mass is 32.2. The van der Waals surface area contributed by atoms with Crippen molar-refractivity contribution < 1.29 is 14.6 Å². The standard InChI is InChI=1S/C15H13NO3S2/c17-15(18)13-12(8-5-6-8)16-14(21-13)10-7-20-11-4-2-1-3-9(11)19-10/h1-4,8,10H,5-7H2,(H,17,18). The minimum Gasteiger partial charge on any atom is -0.481 e. The quantitative estimate of drug-likeness (QED) is 0.928. The Labute approximate surface area is 130 Å². The van der Waals surface area contributed by atoms with E-state index in [-0.39, 0.29) is 6.10 Å². The van der Waals surface area contributed by atoms with Crippen LogP contribution in [0.5, 0.6) is 5.75 Å². The van der Waals surface area contributed by atoms with Crippen molar-refractivity contribution in [1.82, 2.24) is 4.98 Å². The van der Waals surface area contributed by atoms with Crippen molar-refractivity contribution in [1.29, 1.82) is 0 Å². The van der Waals surface area contributed by atoms with Crippen LogP contribution in [0.25, 0.3) is 0 Å².